The van der Waals surface area contributed by atoms with E-state index < -0.39 is 0 Å². The molecule has 1 saturated heterocycles. The number of benzene rings is 1. The SMILES string of the molecule is CCNC(=NCC1CCCN(C)C1)NCCc1cccc(F)c1. The van der Waals surface area contributed by atoms with Crippen LogP contribution in [-0.2, 0) is 6.42 Å². The summed E-state index contributed by atoms with van der Waals surface area (Å²) in [7, 11) is 2.18. The number of likely N-dealkylation sites (tertiary alicyclic amines) is 1. The number of guanidine groups is 1. The first-order chi connectivity index (χ1) is 11.2. The first-order valence-electron chi connectivity index (χ1n) is 8.62. The Morgan fingerprint density at radius 3 is 3.00 bits per heavy atom. The molecule has 1 fully saturated rings. The van der Waals surface area contributed by atoms with Gasteiger partial charge in [0, 0.05) is 26.2 Å². The van der Waals surface area contributed by atoms with E-state index in [1.165, 1.54) is 25.5 Å². The highest BCUT2D eigenvalue weighted by molar-refractivity contribution is 5.79. The standard InChI is InChI=1S/C18H29FN4/c1-3-20-18(22-13-16-7-5-11-23(2)14-16)21-10-9-15-6-4-8-17(19)12-15/h4,6,8,12,16H,3,5,7,9-11,13-14H2,1-2H3,(H2,20,21,22). The van der Waals surface area contributed by atoms with Crippen molar-refractivity contribution in [3.05, 3.63) is 35.6 Å². The fourth-order valence-electron chi connectivity index (χ4n) is 3.00. The molecule has 1 heterocycles. The van der Waals surface area contributed by atoms with Crippen molar-refractivity contribution < 1.29 is 4.39 Å². The topological polar surface area (TPSA) is 39.7 Å². The summed E-state index contributed by atoms with van der Waals surface area (Å²) in [5, 5.41) is 6.62. The lowest BCUT2D eigenvalue weighted by Crippen LogP contribution is -2.39. The molecule has 1 unspecified atom stereocenters. The smallest absolute Gasteiger partial charge is 0.191 e. The molecule has 128 valence electrons. The van der Waals surface area contributed by atoms with Crippen molar-refractivity contribution in [3.8, 4) is 0 Å². The Bertz CT molecular complexity index is 504. The van der Waals surface area contributed by atoms with E-state index in [-0.39, 0.29) is 5.82 Å². The zero-order chi connectivity index (χ0) is 16.5. The molecular weight excluding hydrogens is 291 g/mol. The summed E-state index contributed by atoms with van der Waals surface area (Å²) in [6.45, 7) is 6.85. The average Bonchev–Trinajstić information content (AvgIpc) is 2.53. The molecule has 23 heavy (non-hydrogen) atoms. The molecule has 5 heteroatoms. The lowest BCUT2D eigenvalue weighted by molar-refractivity contribution is 0.214. The minimum Gasteiger partial charge on any atom is -0.357 e. The Morgan fingerprint density at radius 1 is 1.39 bits per heavy atom. The van der Waals surface area contributed by atoms with Gasteiger partial charge in [-0.25, -0.2) is 4.39 Å². The van der Waals surface area contributed by atoms with Gasteiger partial charge < -0.3 is 15.5 Å². The number of nitrogens with one attached hydrogen (secondary N) is 2. The molecule has 0 bridgehead atoms. The Labute approximate surface area is 139 Å². The molecule has 2 N–H and O–H groups in total. The maximum absolute atomic E-state index is 13.2. The van der Waals surface area contributed by atoms with Crippen LogP contribution in [0.3, 0.4) is 0 Å². The van der Waals surface area contributed by atoms with E-state index >= 15 is 0 Å². The summed E-state index contributed by atoms with van der Waals surface area (Å²) in [5.74, 6) is 1.33. The van der Waals surface area contributed by atoms with Crippen LogP contribution in [0, 0.1) is 11.7 Å². The molecular formula is C18H29FN4. The quantitative estimate of drug-likeness (QED) is 0.624. The maximum atomic E-state index is 13.2. The molecule has 0 aromatic heterocycles. The molecule has 1 atom stereocenters. The number of rotatable bonds is 6. The third-order valence-corrected chi connectivity index (χ3v) is 4.17. The van der Waals surface area contributed by atoms with Gasteiger partial charge in [0.25, 0.3) is 0 Å². The van der Waals surface area contributed by atoms with Gasteiger partial charge in [-0.3, -0.25) is 4.99 Å². The molecule has 0 aliphatic carbocycles. The predicted molar refractivity (Wildman–Crippen MR) is 94.3 cm³/mol. The fraction of sp³-hybridized carbons (Fsp3) is 0.611. The van der Waals surface area contributed by atoms with Crippen molar-refractivity contribution in [2.45, 2.75) is 26.2 Å². The van der Waals surface area contributed by atoms with Crippen LogP contribution in [0.5, 0.6) is 0 Å². The van der Waals surface area contributed by atoms with E-state index in [1.54, 1.807) is 12.1 Å². The first-order valence-corrected chi connectivity index (χ1v) is 8.62. The molecule has 1 aliphatic heterocycles. The van der Waals surface area contributed by atoms with E-state index in [9.17, 15) is 4.39 Å². The number of hydrogen-bond donors (Lipinski definition) is 2. The average molecular weight is 320 g/mol. The van der Waals surface area contributed by atoms with Crippen molar-refractivity contribution >= 4 is 5.96 Å². The molecule has 0 spiro atoms. The summed E-state index contributed by atoms with van der Waals surface area (Å²) < 4.78 is 13.2. The highest BCUT2D eigenvalue weighted by atomic mass is 19.1. The summed E-state index contributed by atoms with van der Waals surface area (Å²) >= 11 is 0. The van der Waals surface area contributed by atoms with E-state index in [1.807, 2.05) is 6.07 Å². The zero-order valence-electron chi connectivity index (χ0n) is 14.3. The van der Waals surface area contributed by atoms with Gasteiger partial charge >= 0.3 is 0 Å². The van der Waals surface area contributed by atoms with Gasteiger partial charge in [-0.2, -0.15) is 0 Å². The molecule has 0 amide bonds. The Kier molecular flexibility index (Phi) is 7.33. The first kappa shape index (κ1) is 17.7. The molecule has 1 aromatic rings. The number of nitrogens with zero attached hydrogens (tertiary/aromatic N) is 2. The number of hydrogen-bond acceptors (Lipinski definition) is 2. The van der Waals surface area contributed by atoms with Crippen molar-refractivity contribution in [1.29, 1.82) is 0 Å². The Morgan fingerprint density at radius 2 is 2.26 bits per heavy atom. The molecule has 1 aliphatic rings. The predicted octanol–water partition coefficient (Wildman–Crippen LogP) is 2.27. The molecule has 4 nitrogen and oxygen atoms in total. The van der Waals surface area contributed by atoms with Crippen LogP contribution in [0.4, 0.5) is 4.39 Å². The zero-order valence-corrected chi connectivity index (χ0v) is 14.3. The highest BCUT2D eigenvalue weighted by Crippen LogP contribution is 2.15. The fourth-order valence-corrected chi connectivity index (χ4v) is 3.00. The van der Waals surface area contributed by atoms with Crippen molar-refractivity contribution in [1.82, 2.24) is 15.5 Å². The second-order valence-electron chi connectivity index (χ2n) is 6.30. The summed E-state index contributed by atoms with van der Waals surface area (Å²) in [6, 6.07) is 6.77. The van der Waals surface area contributed by atoms with Crippen molar-refractivity contribution in [3.63, 3.8) is 0 Å². The van der Waals surface area contributed by atoms with Crippen LogP contribution in [0.15, 0.2) is 29.3 Å². The molecule has 0 saturated carbocycles. The Hall–Kier alpha value is -1.62. The van der Waals surface area contributed by atoms with Gasteiger partial charge in [0.15, 0.2) is 5.96 Å². The molecule has 1 aromatic carbocycles. The van der Waals surface area contributed by atoms with Crippen LogP contribution in [0.1, 0.15) is 25.3 Å². The highest BCUT2D eigenvalue weighted by Gasteiger charge is 2.16. The number of piperidine rings is 1. The number of aliphatic imine (C=N–C) groups is 1. The van der Waals surface area contributed by atoms with Gasteiger partial charge in [-0.15, -0.1) is 0 Å². The summed E-state index contributed by atoms with van der Waals surface area (Å²) in [6.07, 6.45) is 3.31. The van der Waals surface area contributed by atoms with Gasteiger partial charge in [0.05, 0.1) is 0 Å². The normalized spacial score (nSPS) is 19.6. The van der Waals surface area contributed by atoms with Crippen molar-refractivity contribution in [2.24, 2.45) is 10.9 Å². The van der Waals surface area contributed by atoms with Crippen LogP contribution >= 0.6 is 0 Å². The second-order valence-corrected chi connectivity index (χ2v) is 6.30. The largest absolute Gasteiger partial charge is 0.357 e. The third kappa shape index (κ3) is 6.57. The van der Waals surface area contributed by atoms with Crippen LogP contribution in [0.2, 0.25) is 0 Å². The molecule has 2 rings (SSSR count). The maximum Gasteiger partial charge on any atom is 0.191 e. The minimum atomic E-state index is -0.176. The third-order valence-electron chi connectivity index (χ3n) is 4.17. The van der Waals surface area contributed by atoms with E-state index in [4.69, 9.17) is 4.99 Å². The molecule has 0 radical (unpaired) electrons. The van der Waals surface area contributed by atoms with Crippen LogP contribution in [0.25, 0.3) is 0 Å². The van der Waals surface area contributed by atoms with E-state index in [2.05, 4.69) is 29.5 Å². The van der Waals surface area contributed by atoms with Crippen molar-refractivity contribution in [2.75, 3.05) is 39.8 Å². The summed E-state index contributed by atoms with van der Waals surface area (Å²) in [5.41, 5.74) is 1.00. The lowest BCUT2D eigenvalue weighted by Gasteiger charge is -2.28. The summed E-state index contributed by atoms with van der Waals surface area (Å²) in [4.78, 5) is 7.10. The van der Waals surface area contributed by atoms with Gasteiger partial charge in [-0.1, -0.05) is 12.1 Å². The van der Waals surface area contributed by atoms with Crippen LogP contribution < -0.4 is 10.6 Å². The lowest BCUT2D eigenvalue weighted by atomic mass is 9.99. The monoisotopic (exact) mass is 320 g/mol. The van der Waals surface area contributed by atoms with Gasteiger partial charge in [-0.05, 0) is 63.4 Å². The van der Waals surface area contributed by atoms with E-state index in [0.29, 0.717) is 5.92 Å². The minimum absolute atomic E-state index is 0.176. The van der Waals surface area contributed by atoms with E-state index in [0.717, 1.165) is 44.1 Å². The van der Waals surface area contributed by atoms with Crippen LogP contribution in [-0.4, -0.2) is 50.6 Å². The van der Waals surface area contributed by atoms with Gasteiger partial charge in [0.2, 0.25) is 0 Å². The van der Waals surface area contributed by atoms with Gasteiger partial charge in [0.1, 0.15) is 5.82 Å². The number of halogens is 1. The Balaban J connectivity index is 1.79. The second kappa shape index (κ2) is 9.50.